The van der Waals surface area contributed by atoms with Gasteiger partial charge < -0.3 is 5.11 Å². The van der Waals surface area contributed by atoms with Crippen molar-refractivity contribution in [3.63, 3.8) is 0 Å². The van der Waals surface area contributed by atoms with Crippen molar-refractivity contribution in [1.82, 2.24) is 4.98 Å². The van der Waals surface area contributed by atoms with E-state index in [0.717, 1.165) is 24.8 Å². The minimum absolute atomic E-state index is 0.222. The SMILES string of the molecule is CC(O)CCCc1ccncc1Cl. The van der Waals surface area contributed by atoms with Crippen LogP contribution in [0.2, 0.25) is 5.02 Å². The summed E-state index contributed by atoms with van der Waals surface area (Å²) in [5.41, 5.74) is 1.11. The molecule has 1 unspecified atom stereocenters. The van der Waals surface area contributed by atoms with Gasteiger partial charge in [-0.25, -0.2) is 0 Å². The number of halogens is 1. The number of aliphatic hydroxyl groups excluding tert-OH is 1. The molecule has 0 aliphatic heterocycles. The molecule has 0 saturated carbocycles. The van der Waals surface area contributed by atoms with Gasteiger partial charge in [0.1, 0.15) is 0 Å². The number of hydrogen-bond donors (Lipinski definition) is 1. The summed E-state index contributed by atoms with van der Waals surface area (Å²) >= 11 is 5.91. The molecule has 1 N–H and O–H groups in total. The Hall–Kier alpha value is -0.600. The van der Waals surface area contributed by atoms with E-state index >= 15 is 0 Å². The Labute approximate surface area is 83.6 Å². The molecule has 1 rings (SSSR count). The first-order chi connectivity index (χ1) is 6.20. The van der Waals surface area contributed by atoms with Gasteiger partial charge in [-0.15, -0.1) is 0 Å². The standard InChI is InChI=1S/C10H14ClNO/c1-8(13)3-2-4-9-5-6-12-7-10(9)11/h5-8,13H,2-4H2,1H3. The van der Waals surface area contributed by atoms with Crippen LogP contribution in [0.3, 0.4) is 0 Å². The van der Waals surface area contributed by atoms with Crippen LogP contribution in [0.1, 0.15) is 25.3 Å². The van der Waals surface area contributed by atoms with Gasteiger partial charge in [-0.2, -0.15) is 0 Å². The molecule has 72 valence electrons. The fraction of sp³-hybridized carbons (Fsp3) is 0.500. The zero-order valence-electron chi connectivity index (χ0n) is 7.70. The Bertz CT molecular complexity index is 263. The second kappa shape index (κ2) is 5.20. The summed E-state index contributed by atoms with van der Waals surface area (Å²) in [5, 5.41) is 9.77. The molecular formula is C10H14ClNO. The van der Waals surface area contributed by atoms with Crippen molar-refractivity contribution in [3.8, 4) is 0 Å². The molecule has 1 atom stereocenters. The van der Waals surface area contributed by atoms with Crippen molar-refractivity contribution in [1.29, 1.82) is 0 Å². The Balaban J connectivity index is 2.41. The van der Waals surface area contributed by atoms with Crippen LogP contribution in [0.25, 0.3) is 0 Å². The van der Waals surface area contributed by atoms with Gasteiger partial charge in [0.2, 0.25) is 0 Å². The van der Waals surface area contributed by atoms with Gasteiger partial charge in [0.25, 0.3) is 0 Å². The van der Waals surface area contributed by atoms with Crippen LogP contribution in [0.5, 0.6) is 0 Å². The highest BCUT2D eigenvalue weighted by molar-refractivity contribution is 6.31. The molecule has 0 radical (unpaired) electrons. The molecular weight excluding hydrogens is 186 g/mol. The number of nitrogens with zero attached hydrogens (tertiary/aromatic N) is 1. The Kier molecular flexibility index (Phi) is 4.19. The van der Waals surface area contributed by atoms with Gasteiger partial charge in [-0.3, -0.25) is 4.98 Å². The normalized spacial score (nSPS) is 12.8. The zero-order chi connectivity index (χ0) is 9.68. The molecule has 1 aromatic heterocycles. The first kappa shape index (κ1) is 10.5. The molecule has 0 aromatic carbocycles. The lowest BCUT2D eigenvalue weighted by Gasteiger charge is -2.04. The minimum Gasteiger partial charge on any atom is -0.393 e. The number of rotatable bonds is 4. The highest BCUT2D eigenvalue weighted by atomic mass is 35.5. The van der Waals surface area contributed by atoms with Crippen molar-refractivity contribution < 1.29 is 5.11 Å². The molecule has 1 aromatic rings. The Morgan fingerprint density at radius 1 is 1.62 bits per heavy atom. The van der Waals surface area contributed by atoms with Crippen LogP contribution in [0.15, 0.2) is 18.5 Å². The van der Waals surface area contributed by atoms with Crippen molar-refractivity contribution in [2.45, 2.75) is 32.3 Å². The van der Waals surface area contributed by atoms with Gasteiger partial charge in [-0.05, 0) is 37.8 Å². The van der Waals surface area contributed by atoms with Crippen molar-refractivity contribution in [2.75, 3.05) is 0 Å². The van der Waals surface area contributed by atoms with E-state index in [9.17, 15) is 0 Å². The fourth-order valence-corrected chi connectivity index (χ4v) is 1.41. The molecule has 0 aliphatic carbocycles. The number of aryl methyl sites for hydroxylation is 1. The van der Waals surface area contributed by atoms with E-state index in [1.54, 1.807) is 19.3 Å². The number of aliphatic hydroxyl groups is 1. The predicted octanol–water partition coefficient (Wildman–Crippen LogP) is 2.44. The van der Waals surface area contributed by atoms with Crippen LogP contribution in [-0.4, -0.2) is 16.2 Å². The monoisotopic (exact) mass is 199 g/mol. The van der Waals surface area contributed by atoms with Gasteiger partial charge in [0.05, 0.1) is 11.1 Å². The summed E-state index contributed by atoms with van der Waals surface area (Å²) < 4.78 is 0. The van der Waals surface area contributed by atoms with E-state index in [-0.39, 0.29) is 6.10 Å². The van der Waals surface area contributed by atoms with Crippen molar-refractivity contribution in [2.24, 2.45) is 0 Å². The first-order valence-electron chi connectivity index (χ1n) is 4.46. The second-order valence-corrected chi connectivity index (χ2v) is 3.62. The van der Waals surface area contributed by atoms with Crippen LogP contribution < -0.4 is 0 Å². The molecule has 1 heterocycles. The zero-order valence-corrected chi connectivity index (χ0v) is 8.46. The molecule has 3 heteroatoms. The molecule has 13 heavy (non-hydrogen) atoms. The lowest BCUT2D eigenvalue weighted by molar-refractivity contribution is 0.182. The van der Waals surface area contributed by atoms with E-state index in [0.29, 0.717) is 5.02 Å². The summed E-state index contributed by atoms with van der Waals surface area (Å²) in [5.74, 6) is 0. The maximum atomic E-state index is 9.05. The second-order valence-electron chi connectivity index (χ2n) is 3.21. The van der Waals surface area contributed by atoms with Crippen LogP contribution in [0, 0.1) is 0 Å². The Morgan fingerprint density at radius 2 is 2.38 bits per heavy atom. The quantitative estimate of drug-likeness (QED) is 0.808. The topological polar surface area (TPSA) is 33.1 Å². The fourth-order valence-electron chi connectivity index (χ4n) is 1.19. The molecule has 0 amide bonds. The van der Waals surface area contributed by atoms with E-state index in [1.165, 1.54) is 0 Å². The summed E-state index contributed by atoms with van der Waals surface area (Å²) in [7, 11) is 0. The average molecular weight is 200 g/mol. The van der Waals surface area contributed by atoms with E-state index in [4.69, 9.17) is 16.7 Å². The third-order valence-corrected chi connectivity index (χ3v) is 2.26. The smallest absolute Gasteiger partial charge is 0.0621 e. The number of aromatic nitrogens is 1. The molecule has 0 fully saturated rings. The van der Waals surface area contributed by atoms with Crippen molar-refractivity contribution >= 4 is 11.6 Å². The highest BCUT2D eigenvalue weighted by Crippen LogP contribution is 2.16. The third kappa shape index (κ3) is 3.75. The Morgan fingerprint density at radius 3 is 3.00 bits per heavy atom. The van der Waals surface area contributed by atoms with Crippen molar-refractivity contribution in [3.05, 3.63) is 29.0 Å². The summed E-state index contributed by atoms with van der Waals surface area (Å²) in [6.45, 7) is 1.80. The van der Waals surface area contributed by atoms with Crippen LogP contribution in [-0.2, 0) is 6.42 Å². The summed E-state index contributed by atoms with van der Waals surface area (Å²) in [6, 6.07) is 1.92. The highest BCUT2D eigenvalue weighted by Gasteiger charge is 2.00. The van der Waals surface area contributed by atoms with E-state index in [1.807, 2.05) is 6.07 Å². The van der Waals surface area contributed by atoms with Gasteiger partial charge in [-0.1, -0.05) is 11.6 Å². The molecule has 0 saturated heterocycles. The van der Waals surface area contributed by atoms with Crippen LogP contribution >= 0.6 is 11.6 Å². The largest absolute Gasteiger partial charge is 0.393 e. The molecule has 2 nitrogen and oxygen atoms in total. The summed E-state index contributed by atoms with van der Waals surface area (Å²) in [4.78, 5) is 3.91. The molecule has 0 bridgehead atoms. The van der Waals surface area contributed by atoms with E-state index in [2.05, 4.69) is 4.98 Å². The number of pyridine rings is 1. The minimum atomic E-state index is -0.222. The molecule has 0 aliphatic rings. The van der Waals surface area contributed by atoms with Gasteiger partial charge in [0, 0.05) is 12.4 Å². The first-order valence-corrected chi connectivity index (χ1v) is 4.84. The van der Waals surface area contributed by atoms with Gasteiger partial charge >= 0.3 is 0 Å². The maximum absolute atomic E-state index is 9.05. The predicted molar refractivity (Wildman–Crippen MR) is 53.9 cm³/mol. The lowest BCUT2D eigenvalue weighted by atomic mass is 10.1. The molecule has 0 spiro atoms. The lowest BCUT2D eigenvalue weighted by Crippen LogP contribution is -2.00. The van der Waals surface area contributed by atoms with Gasteiger partial charge in [0.15, 0.2) is 0 Å². The average Bonchev–Trinajstić information content (AvgIpc) is 2.08. The third-order valence-electron chi connectivity index (χ3n) is 1.92. The number of hydrogen-bond acceptors (Lipinski definition) is 2. The van der Waals surface area contributed by atoms with Crippen LogP contribution in [0.4, 0.5) is 0 Å². The summed E-state index contributed by atoms with van der Waals surface area (Å²) in [6.07, 6.45) is 5.86. The van der Waals surface area contributed by atoms with E-state index < -0.39 is 0 Å². The maximum Gasteiger partial charge on any atom is 0.0621 e.